The van der Waals surface area contributed by atoms with E-state index in [0.29, 0.717) is 34.4 Å². The number of nitrogens with zero attached hydrogens (tertiary/aromatic N) is 2. The molecule has 2 heterocycles. The van der Waals surface area contributed by atoms with Crippen LogP contribution in [-0.4, -0.2) is 29.2 Å². The molecule has 0 saturated heterocycles. The fourth-order valence-electron chi connectivity index (χ4n) is 4.17. The minimum atomic E-state index is -2.89. The summed E-state index contributed by atoms with van der Waals surface area (Å²) in [5.74, 6) is 2.28. The molecule has 1 aromatic heterocycles. The molecule has 0 bridgehead atoms. The van der Waals surface area contributed by atoms with Gasteiger partial charge in [-0.1, -0.05) is 36.4 Å². The van der Waals surface area contributed by atoms with Gasteiger partial charge in [0, 0.05) is 23.0 Å². The second kappa shape index (κ2) is 10.8. The molecule has 1 amide bonds. The van der Waals surface area contributed by atoms with Gasteiger partial charge < -0.3 is 24.3 Å². The van der Waals surface area contributed by atoms with Gasteiger partial charge in [0.05, 0.1) is 0 Å². The quantitative estimate of drug-likeness (QED) is 0.231. The molecule has 0 atom stereocenters. The normalized spacial score (nSPS) is 11.9. The average molecular weight is 542 g/mol. The van der Waals surface area contributed by atoms with E-state index >= 15 is 0 Å². The van der Waals surface area contributed by atoms with Crippen LogP contribution < -0.4 is 24.3 Å². The van der Waals surface area contributed by atoms with Gasteiger partial charge in [0.1, 0.15) is 22.9 Å². The zero-order valence-corrected chi connectivity index (χ0v) is 20.8. The lowest BCUT2D eigenvalue weighted by molar-refractivity contribution is -0.0498. The fourth-order valence-corrected chi connectivity index (χ4v) is 4.17. The molecule has 0 saturated carbocycles. The van der Waals surface area contributed by atoms with Crippen LogP contribution in [0.15, 0.2) is 103 Å². The standard InChI is InChI=1S/C30H21F2N3O5/c31-29(32)40-24-13-11-23(12-14-24)39-22-9-7-21(8-10-22)33-30(36)35-17-25(28(34-35)19-4-2-1-3-5-19)20-6-15-26-27(16-20)38-18-37-26/h1-17,29H,18H2,(H,33,36). The van der Waals surface area contributed by atoms with Crippen molar-refractivity contribution in [3.63, 3.8) is 0 Å². The number of carbonyl (C=O) groups is 1. The van der Waals surface area contributed by atoms with Gasteiger partial charge in [0.25, 0.3) is 0 Å². The SMILES string of the molecule is O=C(Nc1ccc(Oc2ccc(OC(F)F)cc2)cc1)n1cc(-c2ccc3c(c2)OCO3)c(-c2ccccc2)n1. The number of amides is 1. The van der Waals surface area contributed by atoms with Crippen LogP contribution in [-0.2, 0) is 0 Å². The van der Waals surface area contributed by atoms with Crippen molar-refractivity contribution in [2.45, 2.75) is 6.61 Å². The summed E-state index contributed by atoms with van der Waals surface area (Å²) in [5.41, 5.74) is 3.62. The highest BCUT2D eigenvalue weighted by Gasteiger charge is 2.20. The predicted molar refractivity (Wildman–Crippen MR) is 143 cm³/mol. The van der Waals surface area contributed by atoms with Crippen molar-refractivity contribution in [1.82, 2.24) is 9.78 Å². The Hall–Kier alpha value is -5.38. The van der Waals surface area contributed by atoms with Crippen LogP contribution in [0.1, 0.15) is 0 Å². The smallest absolute Gasteiger partial charge is 0.387 e. The van der Waals surface area contributed by atoms with Gasteiger partial charge in [-0.3, -0.25) is 0 Å². The van der Waals surface area contributed by atoms with Gasteiger partial charge in [-0.05, 0) is 66.2 Å². The van der Waals surface area contributed by atoms with Crippen LogP contribution >= 0.6 is 0 Å². The van der Waals surface area contributed by atoms with Crippen molar-refractivity contribution >= 4 is 11.7 Å². The third kappa shape index (κ3) is 5.41. The van der Waals surface area contributed by atoms with Gasteiger partial charge in [-0.15, -0.1) is 0 Å². The van der Waals surface area contributed by atoms with E-state index in [2.05, 4.69) is 15.2 Å². The summed E-state index contributed by atoms with van der Waals surface area (Å²) >= 11 is 0. The first-order valence-corrected chi connectivity index (χ1v) is 12.2. The lowest BCUT2D eigenvalue weighted by Crippen LogP contribution is -2.19. The average Bonchev–Trinajstić information content (AvgIpc) is 3.63. The van der Waals surface area contributed by atoms with E-state index in [9.17, 15) is 13.6 Å². The Morgan fingerprint density at radius 3 is 2.23 bits per heavy atom. The van der Waals surface area contributed by atoms with Crippen molar-refractivity contribution < 1.29 is 32.5 Å². The monoisotopic (exact) mass is 541 g/mol. The molecule has 4 aromatic carbocycles. The molecule has 5 aromatic rings. The molecule has 0 spiro atoms. The Balaban J connectivity index is 1.19. The third-order valence-electron chi connectivity index (χ3n) is 6.04. The number of hydrogen-bond acceptors (Lipinski definition) is 6. The van der Waals surface area contributed by atoms with Gasteiger partial charge in [-0.25, -0.2) is 4.79 Å². The molecule has 1 aliphatic heterocycles. The molecule has 0 aliphatic carbocycles. The molecule has 200 valence electrons. The van der Waals surface area contributed by atoms with E-state index in [1.54, 1.807) is 30.5 Å². The number of anilines is 1. The summed E-state index contributed by atoms with van der Waals surface area (Å²) in [7, 11) is 0. The largest absolute Gasteiger partial charge is 0.457 e. The van der Waals surface area contributed by atoms with Crippen molar-refractivity contribution in [3.8, 4) is 51.1 Å². The van der Waals surface area contributed by atoms with Gasteiger partial charge >= 0.3 is 12.6 Å². The topological polar surface area (TPSA) is 83.8 Å². The van der Waals surface area contributed by atoms with E-state index in [1.807, 2.05) is 48.5 Å². The molecule has 6 rings (SSSR count). The number of rotatable bonds is 7. The first-order valence-electron chi connectivity index (χ1n) is 12.2. The first kappa shape index (κ1) is 24.9. The fraction of sp³-hybridized carbons (Fsp3) is 0.0667. The van der Waals surface area contributed by atoms with Crippen LogP contribution in [0.25, 0.3) is 22.4 Å². The Kier molecular flexibility index (Phi) is 6.72. The summed E-state index contributed by atoms with van der Waals surface area (Å²) in [6.07, 6.45) is 1.67. The Morgan fingerprint density at radius 2 is 1.50 bits per heavy atom. The van der Waals surface area contributed by atoms with E-state index in [0.717, 1.165) is 16.7 Å². The molecule has 0 unspecified atom stereocenters. The van der Waals surface area contributed by atoms with Gasteiger partial charge in [0.2, 0.25) is 6.79 Å². The molecule has 40 heavy (non-hydrogen) atoms. The van der Waals surface area contributed by atoms with Crippen LogP contribution in [0.5, 0.6) is 28.7 Å². The van der Waals surface area contributed by atoms with Crippen molar-refractivity contribution in [2.24, 2.45) is 0 Å². The minimum absolute atomic E-state index is 0.0381. The van der Waals surface area contributed by atoms with Crippen molar-refractivity contribution in [2.75, 3.05) is 12.1 Å². The van der Waals surface area contributed by atoms with Crippen LogP contribution in [0.2, 0.25) is 0 Å². The molecule has 0 radical (unpaired) electrons. The molecule has 1 N–H and O–H groups in total. The number of hydrogen-bond donors (Lipinski definition) is 1. The zero-order valence-electron chi connectivity index (χ0n) is 20.8. The molecule has 8 nitrogen and oxygen atoms in total. The molecule has 10 heteroatoms. The highest BCUT2D eigenvalue weighted by molar-refractivity contribution is 5.93. The zero-order chi connectivity index (χ0) is 27.5. The van der Waals surface area contributed by atoms with Gasteiger partial charge in [0.15, 0.2) is 11.5 Å². The maximum atomic E-state index is 13.2. The molecule has 1 aliphatic rings. The maximum Gasteiger partial charge on any atom is 0.387 e. The number of ether oxygens (including phenoxy) is 4. The van der Waals surface area contributed by atoms with Gasteiger partial charge in [-0.2, -0.15) is 18.6 Å². The Labute approximate surface area is 227 Å². The number of fused-ring (bicyclic) bond motifs is 1. The number of benzene rings is 4. The van der Waals surface area contributed by atoms with Crippen LogP contribution in [0.4, 0.5) is 19.3 Å². The van der Waals surface area contributed by atoms with E-state index in [1.165, 1.54) is 28.9 Å². The summed E-state index contributed by atoms with van der Waals surface area (Å²) < 4.78 is 47.0. The van der Waals surface area contributed by atoms with Crippen molar-refractivity contribution in [3.05, 3.63) is 103 Å². The molecule has 0 fully saturated rings. The Bertz CT molecular complexity index is 1640. The second-order valence-corrected chi connectivity index (χ2v) is 8.68. The number of carbonyl (C=O) groups excluding carboxylic acids is 1. The summed E-state index contributed by atoms with van der Waals surface area (Å²) in [6, 6.07) is 27.3. The van der Waals surface area contributed by atoms with E-state index in [4.69, 9.17) is 14.2 Å². The number of alkyl halides is 2. The van der Waals surface area contributed by atoms with Crippen LogP contribution in [0, 0.1) is 0 Å². The minimum Gasteiger partial charge on any atom is -0.457 e. The highest BCUT2D eigenvalue weighted by Crippen LogP contribution is 2.39. The first-order chi connectivity index (χ1) is 19.5. The molecular formula is C30H21F2N3O5. The predicted octanol–water partition coefficient (Wildman–Crippen LogP) is 7.42. The summed E-state index contributed by atoms with van der Waals surface area (Å²) in [5, 5.41) is 7.43. The highest BCUT2D eigenvalue weighted by atomic mass is 19.3. The third-order valence-corrected chi connectivity index (χ3v) is 6.04. The number of nitrogens with one attached hydrogen (secondary N) is 1. The lowest BCUT2D eigenvalue weighted by Gasteiger charge is -2.09. The van der Waals surface area contributed by atoms with E-state index < -0.39 is 12.6 Å². The second-order valence-electron chi connectivity index (χ2n) is 8.68. The summed E-state index contributed by atoms with van der Waals surface area (Å²) in [4.78, 5) is 13.2. The van der Waals surface area contributed by atoms with E-state index in [-0.39, 0.29) is 12.5 Å². The summed E-state index contributed by atoms with van der Waals surface area (Å²) in [6.45, 7) is -2.73. The lowest BCUT2D eigenvalue weighted by atomic mass is 10.0. The molecular weight excluding hydrogens is 520 g/mol. The Morgan fingerprint density at radius 1 is 0.825 bits per heavy atom. The number of halogens is 2. The maximum absolute atomic E-state index is 13.2. The number of aromatic nitrogens is 2. The van der Waals surface area contributed by atoms with Crippen LogP contribution in [0.3, 0.4) is 0 Å². The van der Waals surface area contributed by atoms with Crippen molar-refractivity contribution in [1.29, 1.82) is 0 Å².